The molecular weight excluding hydrogens is 292 g/mol. The monoisotopic (exact) mass is 324 g/mol. The molecule has 0 saturated carbocycles. The topological polar surface area (TPSA) is 35.5 Å². The molecule has 126 valence electrons. The number of rotatable bonds is 5. The van der Waals surface area contributed by atoms with E-state index in [9.17, 15) is 4.79 Å². The van der Waals surface area contributed by atoms with Gasteiger partial charge in [0.05, 0.1) is 7.11 Å². The maximum Gasteiger partial charge on any atom is 0.384 e. The fourth-order valence-electron chi connectivity index (χ4n) is 1.73. The highest BCUT2D eigenvalue weighted by Gasteiger charge is 2.42. The van der Waals surface area contributed by atoms with Crippen LogP contribution in [-0.2, 0) is 14.0 Å². The summed E-state index contributed by atoms with van der Waals surface area (Å²) in [5.74, 6) is 5.04. The van der Waals surface area contributed by atoms with Crippen LogP contribution < -0.4 is 0 Å². The molecule has 0 aliphatic heterocycles. The van der Waals surface area contributed by atoms with E-state index < -0.39 is 19.9 Å². The van der Waals surface area contributed by atoms with E-state index in [-0.39, 0.29) is 5.04 Å². The van der Waals surface area contributed by atoms with Gasteiger partial charge in [0.1, 0.15) is 5.60 Å². The molecule has 0 aliphatic rings. The van der Waals surface area contributed by atoms with E-state index in [1.54, 1.807) is 0 Å². The maximum atomic E-state index is 11.4. The van der Waals surface area contributed by atoms with E-state index in [0.29, 0.717) is 0 Å². The van der Waals surface area contributed by atoms with E-state index >= 15 is 0 Å². The van der Waals surface area contributed by atoms with Crippen LogP contribution in [0.2, 0.25) is 18.1 Å². The van der Waals surface area contributed by atoms with Crippen LogP contribution in [0.3, 0.4) is 0 Å². The first-order valence-electron chi connectivity index (χ1n) is 7.78. The van der Waals surface area contributed by atoms with Gasteiger partial charge in [0.2, 0.25) is 0 Å². The molecule has 0 aromatic rings. The number of carbonyl (C=O) groups excluding carboxylic acids is 1. The molecule has 0 amide bonds. The maximum absolute atomic E-state index is 11.4. The highest BCUT2D eigenvalue weighted by molar-refractivity contribution is 6.74. The largest absolute Gasteiger partial charge is 0.459 e. The van der Waals surface area contributed by atoms with Gasteiger partial charge in [-0.05, 0) is 51.7 Å². The number of hydrogen-bond donors (Lipinski definition) is 0. The summed E-state index contributed by atoms with van der Waals surface area (Å²) < 4.78 is 11.1. The Balaban J connectivity index is 5.36. The first kappa shape index (κ1) is 20.9. The number of allylic oxidation sites excluding steroid dienone is 2. The van der Waals surface area contributed by atoms with Crippen LogP contribution in [0.5, 0.6) is 0 Å². The second-order valence-corrected chi connectivity index (χ2v) is 12.4. The molecule has 1 unspecified atom stereocenters. The van der Waals surface area contributed by atoms with Gasteiger partial charge in [0.25, 0.3) is 0 Å². The number of ether oxygens (including phenoxy) is 1. The van der Waals surface area contributed by atoms with E-state index in [1.807, 2.05) is 6.92 Å². The Morgan fingerprint density at radius 3 is 2.14 bits per heavy atom. The van der Waals surface area contributed by atoms with Gasteiger partial charge in [-0.1, -0.05) is 38.3 Å². The average Bonchev–Trinajstić information content (AvgIpc) is 2.33. The summed E-state index contributed by atoms with van der Waals surface area (Å²) >= 11 is 0. The Hall–Kier alpha value is -1.05. The molecular formula is C18H32O3Si. The van der Waals surface area contributed by atoms with Crippen LogP contribution in [-0.4, -0.2) is 27.0 Å². The molecule has 0 rings (SSSR count). The number of methoxy groups -OCH3 is 1. The van der Waals surface area contributed by atoms with E-state index in [2.05, 4.69) is 70.4 Å². The molecule has 0 aromatic heterocycles. The highest BCUT2D eigenvalue weighted by atomic mass is 28.4. The molecule has 0 saturated heterocycles. The molecule has 0 bridgehead atoms. The van der Waals surface area contributed by atoms with Gasteiger partial charge in [0, 0.05) is 5.92 Å². The van der Waals surface area contributed by atoms with Gasteiger partial charge in [-0.15, -0.1) is 0 Å². The number of carbonyl (C=O) groups is 1. The van der Waals surface area contributed by atoms with Gasteiger partial charge in [-0.25, -0.2) is 4.79 Å². The SMILES string of the molecule is COC(=O)C#CC(C)(CCC=C(C)C)O[Si](C)(C)C(C)(C)C. The Kier molecular flexibility index (Phi) is 7.60. The third-order valence-corrected chi connectivity index (χ3v) is 8.65. The smallest absolute Gasteiger partial charge is 0.384 e. The zero-order chi connectivity index (χ0) is 17.6. The fraction of sp³-hybridized carbons (Fsp3) is 0.722. The summed E-state index contributed by atoms with van der Waals surface area (Å²) in [5.41, 5.74) is 0.638. The first-order chi connectivity index (χ1) is 9.83. The van der Waals surface area contributed by atoms with Crippen LogP contribution in [0.4, 0.5) is 0 Å². The lowest BCUT2D eigenvalue weighted by atomic mass is 10.0. The number of esters is 1. The molecule has 0 heterocycles. The van der Waals surface area contributed by atoms with Crippen molar-refractivity contribution >= 4 is 14.3 Å². The summed E-state index contributed by atoms with van der Waals surface area (Å²) in [6, 6.07) is 0. The van der Waals surface area contributed by atoms with Crippen molar-refractivity contribution in [2.75, 3.05) is 7.11 Å². The summed E-state index contributed by atoms with van der Waals surface area (Å²) in [5, 5.41) is 0.0950. The third kappa shape index (κ3) is 7.28. The molecule has 0 spiro atoms. The van der Waals surface area contributed by atoms with Crippen molar-refractivity contribution in [1.82, 2.24) is 0 Å². The Morgan fingerprint density at radius 2 is 1.73 bits per heavy atom. The lowest BCUT2D eigenvalue weighted by Gasteiger charge is -2.42. The van der Waals surface area contributed by atoms with Crippen molar-refractivity contribution in [3.63, 3.8) is 0 Å². The van der Waals surface area contributed by atoms with Crippen LogP contribution in [0.1, 0.15) is 54.4 Å². The zero-order valence-corrected chi connectivity index (χ0v) is 16.7. The fourth-order valence-corrected chi connectivity index (χ4v) is 3.31. The van der Waals surface area contributed by atoms with E-state index in [1.165, 1.54) is 12.7 Å². The zero-order valence-electron chi connectivity index (χ0n) is 15.7. The predicted octanol–water partition coefficient (Wildman–Crippen LogP) is 4.69. The van der Waals surface area contributed by atoms with Crippen LogP contribution in [0, 0.1) is 11.8 Å². The molecule has 1 atom stereocenters. The Labute approximate surface area is 137 Å². The summed E-state index contributed by atoms with van der Waals surface area (Å²) in [4.78, 5) is 11.4. The molecule has 3 nitrogen and oxygen atoms in total. The predicted molar refractivity (Wildman–Crippen MR) is 95.1 cm³/mol. The van der Waals surface area contributed by atoms with Crippen molar-refractivity contribution in [2.45, 2.75) is 78.1 Å². The molecule has 0 N–H and O–H groups in total. The Morgan fingerprint density at radius 1 is 1.18 bits per heavy atom. The van der Waals surface area contributed by atoms with Crippen LogP contribution in [0.25, 0.3) is 0 Å². The summed E-state index contributed by atoms with van der Waals surface area (Å²) in [6.45, 7) is 17.1. The van der Waals surface area contributed by atoms with E-state index in [0.717, 1.165) is 12.8 Å². The minimum absolute atomic E-state index is 0.0950. The first-order valence-corrected chi connectivity index (χ1v) is 10.7. The quantitative estimate of drug-likeness (QED) is 0.242. The third-order valence-electron chi connectivity index (χ3n) is 4.07. The van der Waals surface area contributed by atoms with Crippen LogP contribution >= 0.6 is 0 Å². The summed E-state index contributed by atoms with van der Waals surface area (Å²) in [7, 11) is -0.635. The minimum Gasteiger partial charge on any atom is -0.459 e. The van der Waals surface area contributed by atoms with Gasteiger partial charge in [-0.3, -0.25) is 0 Å². The molecule has 0 aliphatic carbocycles. The molecule has 0 fully saturated rings. The van der Waals surface area contributed by atoms with Gasteiger partial charge in [0.15, 0.2) is 8.32 Å². The van der Waals surface area contributed by atoms with Gasteiger partial charge in [-0.2, -0.15) is 0 Å². The molecule has 4 heteroatoms. The highest BCUT2D eigenvalue weighted by Crippen LogP contribution is 2.40. The van der Waals surface area contributed by atoms with Crippen molar-refractivity contribution in [3.05, 3.63) is 11.6 Å². The minimum atomic E-state index is -1.98. The van der Waals surface area contributed by atoms with Gasteiger partial charge < -0.3 is 9.16 Å². The van der Waals surface area contributed by atoms with Crippen molar-refractivity contribution < 1.29 is 14.0 Å². The second kappa shape index (κ2) is 7.98. The second-order valence-electron chi connectivity index (χ2n) is 7.65. The lowest BCUT2D eigenvalue weighted by Crippen LogP contribution is -2.48. The van der Waals surface area contributed by atoms with Crippen molar-refractivity contribution in [1.29, 1.82) is 0 Å². The van der Waals surface area contributed by atoms with Crippen molar-refractivity contribution in [2.24, 2.45) is 0 Å². The Bertz CT molecular complexity index is 471. The van der Waals surface area contributed by atoms with Crippen molar-refractivity contribution in [3.8, 4) is 11.8 Å². The summed E-state index contributed by atoms with van der Waals surface area (Å²) in [6.07, 6.45) is 3.81. The molecule has 0 radical (unpaired) electrons. The normalized spacial score (nSPS) is 14.4. The molecule has 22 heavy (non-hydrogen) atoms. The van der Waals surface area contributed by atoms with E-state index in [4.69, 9.17) is 4.43 Å². The van der Waals surface area contributed by atoms with Crippen LogP contribution in [0.15, 0.2) is 11.6 Å². The standard InChI is InChI=1S/C18H32O3Si/c1-15(2)11-10-13-18(6,14-12-16(19)20-7)21-22(8,9)17(3,4)5/h11H,10,13H2,1-9H3. The average molecular weight is 325 g/mol. The lowest BCUT2D eigenvalue weighted by molar-refractivity contribution is -0.133. The number of hydrogen-bond acceptors (Lipinski definition) is 3. The van der Waals surface area contributed by atoms with Gasteiger partial charge >= 0.3 is 5.97 Å². The molecule has 0 aromatic carbocycles.